The Morgan fingerprint density at radius 3 is 1.92 bits per heavy atom. The van der Waals surface area contributed by atoms with E-state index in [0.29, 0.717) is 16.6 Å². The highest BCUT2D eigenvalue weighted by Gasteiger charge is 2.27. The van der Waals surface area contributed by atoms with Crippen LogP contribution in [0, 0.1) is 0 Å². The molecule has 0 aliphatic rings. The molecular weight excluding hydrogens is 328 g/mol. The van der Waals surface area contributed by atoms with Crippen LogP contribution in [0.2, 0.25) is 0 Å². The molecule has 6 heteroatoms. The fourth-order valence-corrected chi connectivity index (χ4v) is 2.93. The molecule has 0 atom stereocenters. The van der Waals surface area contributed by atoms with Gasteiger partial charge in [0.25, 0.3) is 0 Å². The minimum absolute atomic E-state index is 0.103. The third-order valence-corrected chi connectivity index (χ3v) is 4.24. The Morgan fingerprint density at radius 2 is 1.50 bits per heavy atom. The van der Waals surface area contributed by atoms with Crippen LogP contribution in [0.4, 0.5) is 5.82 Å². The highest BCUT2D eigenvalue weighted by Crippen LogP contribution is 2.29. The zero-order chi connectivity index (χ0) is 19.3. The van der Waals surface area contributed by atoms with Gasteiger partial charge in [0.05, 0.1) is 5.54 Å². The Kier molecular flexibility index (Phi) is 4.09. The molecule has 136 valence electrons. The maximum absolute atomic E-state index is 12.4. The SMILES string of the molecule is CC(C)(C)c1cc(NN=c2c(=O)c3ccccc3c2=O)nn1C(C)(C)C. The standard InChI is InChI=1S/C20H24N4O2/c1-19(2,3)14-11-15(23-24(14)20(4,5)6)21-22-16-17(25)12-9-7-8-10-13(12)18(16)26/h7-11H,1-6H3,(H,21,23). The van der Waals surface area contributed by atoms with Gasteiger partial charge in [-0.25, -0.2) is 0 Å². The Hall–Kier alpha value is -2.76. The van der Waals surface area contributed by atoms with Gasteiger partial charge in [0.2, 0.25) is 10.9 Å². The molecule has 0 aliphatic carbocycles. The Labute approximate surface area is 151 Å². The fraction of sp³-hybridized carbons (Fsp3) is 0.400. The summed E-state index contributed by atoms with van der Waals surface area (Å²) in [6.45, 7) is 12.6. The van der Waals surface area contributed by atoms with Gasteiger partial charge >= 0.3 is 0 Å². The lowest BCUT2D eigenvalue weighted by molar-refractivity contribution is 0.323. The second-order valence-corrected chi connectivity index (χ2v) is 8.52. The van der Waals surface area contributed by atoms with Gasteiger partial charge in [-0.05, 0) is 20.8 Å². The normalized spacial score (nSPS) is 12.5. The maximum atomic E-state index is 12.4. The predicted octanol–water partition coefficient (Wildman–Crippen LogP) is 2.61. The van der Waals surface area contributed by atoms with Crippen LogP contribution in [0.5, 0.6) is 0 Å². The highest BCUT2D eigenvalue weighted by atomic mass is 16.1. The van der Waals surface area contributed by atoms with E-state index >= 15 is 0 Å². The van der Waals surface area contributed by atoms with Gasteiger partial charge < -0.3 is 0 Å². The van der Waals surface area contributed by atoms with Crippen molar-refractivity contribution in [3.8, 4) is 0 Å². The summed E-state index contributed by atoms with van der Waals surface area (Å²) in [6, 6.07) is 8.67. The molecule has 0 saturated carbocycles. The van der Waals surface area contributed by atoms with Crippen molar-refractivity contribution in [2.75, 3.05) is 5.43 Å². The second kappa shape index (κ2) is 5.90. The first-order valence-corrected chi connectivity index (χ1v) is 8.63. The molecule has 0 bridgehead atoms. The highest BCUT2D eigenvalue weighted by molar-refractivity contribution is 5.83. The fourth-order valence-electron chi connectivity index (χ4n) is 2.93. The lowest BCUT2D eigenvalue weighted by Gasteiger charge is -2.28. The van der Waals surface area contributed by atoms with Crippen molar-refractivity contribution < 1.29 is 0 Å². The molecule has 0 radical (unpaired) electrons. The molecular formula is C20H24N4O2. The first kappa shape index (κ1) is 18.0. The average molecular weight is 352 g/mol. The van der Waals surface area contributed by atoms with Crippen LogP contribution in [0.25, 0.3) is 10.8 Å². The average Bonchev–Trinajstić information content (AvgIpc) is 3.08. The van der Waals surface area contributed by atoms with E-state index in [1.807, 2.05) is 10.7 Å². The summed E-state index contributed by atoms with van der Waals surface area (Å²) in [6.07, 6.45) is 0. The summed E-state index contributed by atoms with van der Waals surface area (Å²) < 4.78 is 1.95. The van der Waals surface area contributed by atoms with Crippen molar-refractivity contribution in [3.63, 3.8) is 0 Å². The third kappa shape index (κ3) is 3.07. The molecule has 0 aliphatic heterocycles. The van der Waals surface area contributed by atoms with Crippen molar-refractivity contribution in [3.05, 3.63) is 61.8 Å². The van der Waals surface area contributed by atoms with E-state index in [4.69, 9.17) is 0 Å². The van der Waals surface area contributed by atoms with E-state index in [1.165, 1.54) is 0 Å². The lowest BCUT2D eigenvalue weighted by atomic mass is 9.91. The summed E-state index contributed by atoms with van der Waals surface area (Å²) in [5.74, 6) is 0.508. The van der Waals surface area contributed by atoms with E-state index < -0.39 is 0 Å². The van der Waals surface area contributed by atoms with Crippen LogP contribution >= 0.6 is 0 Å². The van der Waals surface area contributed by atoms with Gasteiger partial charge in [0, 0.05) is 27.9 Å². The molecule has 1 aromatic heterocycles. The van der Waals surface area contributed by atoms with Crippen LogP contribution < -0.4 is 21.6 Å². The molecule has 0 unspecified atom stereocenters. The molecule has 0 amide bonds. The zero-order valence-corrected chi connectivity index (χ0v) is 16.0. The molecule has 2 aromatic carbocycles. The quantitative estimate of drug-likeness (QED) is 0.719. The van der Waals surface area contributed by atoms with Crippen LogP contribution in [-0.2, 0) is 11.0 Å². The van der Waals surface area contributed by atoms with Crippen LogP contribution in [0.15, 0.2) is 45.0 Å². The number of aromatic nitrogens is 2. The minimum atomic E-state index is -0.357. The van der Waals surface area contributed by atoms with Crippen molar-refractivity contribution in [1.82, 2.24) is 9.78 Å². The minimum Gasteiger partial charge on any atom is -0.287 e. The lowest BCUT2D eigenvalue weighted by Crippen LogP contribution is -2.32. The van der Waals surface area contributed by atoms with Gasteiger partial charge in [-0.3, -0.25) is 19.7 Å². The number of fused-ring (bicyclic) bond motifs is 1. The number of nitrogens with one attached hydrogen (secondary N) is 1. The zero-order valence-electron chi connectivity index (χ0n) is 16.0. The number of hydrogen-bond donors (Lipinski definition) is 1. The van der Waals surface area contributed by atoms with Crippen LogP contribution in [0.1, 0.15) is 47.2 Å². The Balaban J connectivity index is 2.09. The van der Waals surface area contributed by atoms with Crippen molar-refractivity contribution in [1.29, 1.82) is 0 Å². The predicted molar refractivity (Wildman–Crippen MR) is 104 cm³/mol. The number of nitrogens with zero attached hydrogens (tertiary/aromatic N) is 3. The number of benzene rings is 1. The monoisotopic (exact) mass is 352 g/mol. The van der Waals surface area contributed by atoms with E-state index in [1.54, 1.807) is 24.3 Å². The largest absolute Gasteiger partial charge is 0.287 e. The molecule has 3 aromatic rings. The first-order chi connectivity index (χ1) is 12.0. The molecule has 0 fully saturated rings. The van der Waals surface area contributed by atoms with Crippen LogP contribution in [-0.4, -0.2) is 9.78 Å². The molecule has 0 saturated heterocycles. The van der Waals surface area contributed by atoms with Gasteiger partial charge in [-0.1, -0.05) is 45.0 Å². The molecule has 3 rings (SSSR count). The van der Waals surface area contributed by atoms with Gasteiger partial charge in [0.15, 0.2) is 11.2 Å². The van der Waals surface area contributed by atoms with E-state index in [9.17, 15) is 9.59 Å². The van der Waals surface area contributed by atoms with Crippen LogP contribution in [0.3, 0.4) is 0 Å². The third-order valence-electron chi connectivity index (χ3n) is 4.24. The summed E-state index contributed by atoms with van der Waals surface area (Å²) in [4.78, 5) is 24.8. The van der Waals surface area contributed by atoms with Crippen molar-refractivity contribution >= 4 is 16.6 Å². The molecule has 1 heterocycles. The smallest absolute Gasteiger partial charge is 0.217 e. The first-order valence-electron chi connectivity index (χ1n) is 8.63. The van der Waals surface area contributed by atoms with E-state index in [0.717, 1.165) is 5.69 Å². The number of hydrogen-bond acceptors (Lipinski definition) is 5. The van der Waals surface area contributed by atoms with Gasteiger partial charge in [-0.2, -0.15) is 10.2 Å². The number of anilines is 1. The topological polar surface area (TPSA) is 76.3 Å². The van der Waals surface area contributed by atoms with Crippen molar-refractivity contribution in [2.45, 2.75) is 52.5 Å². The maximum Gasteiger partial charge on any atom is 0.217 e. The van der Waals surface area contributed by atoms with E-state index in [2.05, 4.69) is 57.2 Å². The molecule has 6 nitrogen and oxygen atoms in total. The summed E-state index contributed by atoms with van der Waals surface area (Å²) in [5.41, 5.74) is 2.82. The summed E-state index contributed by atoms with van der Waals surface area (Å²) >= 11 is 0. The van der Waals surface area contributed by atoms with Gasteiger partial charge in [-0.15, -0.1) is 0 Å². The second-order valence-electron chi connectivity index (χ2n) is 8.52. The summed E-state index contributed by atoms with van der Waals surface area (Å²) in [7, 11) is 0. The van der Waals surface area contributed by atoms with Crippen molar-refractivity contribution in [2.24, 2.45) is 5.10 Å². The Morgan fingerprint density at radius 1 is 0.962 bits per heavy atom. The molecule has 0 spiro atoms. The number of rotatable bonds is 2. The molecule has 1 N–H and O–H groups in total. The Bertz CT molecular complexity index is 1040. The summed E-state index contributed by atoms with van der Waals surface area (Å²) in [5, 5.41) is 9.36. The molecule has 26 heavy (non-hydrogen) atoms. The van der Waals surface area contributed by atoms with Gasteiger partial charge in [0.1, 0.15) is 0 Å². The van der Waals surface area contributed by atoms with E-state index in [-0.39, 0.29) is 27.2 Å².